The number of rotatable bonds is 14. The molecule has 2 aliphatic rings. The van der Waals surface area contributed by atoms with Gasteiger partial charge in [-0.15, -0.1) is 0 Å². The van der Waals surface area contributed by atoms with Crippen molar-refractivity contribution >= 4 is 22.9 Å². The normalized spacial score (nSPS) is 28.5. The maximum Gasteiger partial charge on any atom is 0.338 e. The van der Waals surface area contributed by atoms with Gasteiger partial charge >= 0.3 is 11.9 Å². The maximum absolute atomic E-state index is 14.3. The first-order chi connectivity index (χ1) is 26.4. The fourth-order valence-corrected chi connectivity index (χ4v) is 6.19. The molecule has 0 radical (unpaired) electrons. The number of fused-ring (bicyclic) bond motifs is 1. The van der Waals surface area contributed by atoms with Gasteiger partial charge in [0.05, 0.1) is 24.8 Å². The molecule has 17 N–H and O–H groups in total. The second-order valence-corrected chi connectivity index (χ2v) is 13.3. The Morgan fingerprint density at radius 3 is 2.21 bits per heavy atom. The fourth-order valence-electron chi connectivity index (χ4n) is 6.19. The lowest BCUT2D eigenvalue weighted by Crippen LogP contribution is -2.78. The molecule has 0 saturated carbocycles. The first kappa shape index (κ1) is 42.1. The molecule has 2 fully saturated rings. The van der Waals surface area contributed by atoms with Crippen molar-refractivity contribution in [2.45, 2.75) is 93.8 Å². The van der Waals surface area contributed by atoms with E-state index < -0.39 is 137 Å². The molecular formula is C34H45N4O18+. The highest BCUT2D eigenvalue weighted by molar-refractivity contribution is 5.91. The number of aliphatic carboxylic acids is 1. The Morgan fingerprint density at radius 2 is 1.55 bits per heavy atom. The van der Waals surface area contributed by atoms with Crippen molar-refractivity contribution in [3.63, 3.8) is 0 Å². The Kier molecular flexibility index (Phi) is 13.1. The number of phenolic OH excluding ortho intramolecular Hbond substituents is 4. The molecule has 3 heterocycles. The zero-order chi connectivity index (χ0) is 41.2. The van der Waals surface area contributed by atoms with E-state index in [-0.39, 0.29) is 30.1 Å². The summed E-state index contributed by atoms with van der Waals surface area (Å²) < 4.78 is 28.4. The van der Waals surface area contributed by atoms with E-state index in [0.717, 1.165) is 18.2 Å². The number of ether oxygens (including phenoxy) is 4. The first-order valence-electron chi connectivity index (χ1n) is 17.2. The van der Waals surface area contributed by atoms with Gasteiger partial charge in [0.15, 0.2) is 29.1 Å². The number of aliphatic hydroxyl groups excluding tert-OH is 6. The van der Waals surface area contributed by atoms with Crippen LogP contribution in [-0.2, 0) is 25.5 Å². The van der Waals surface area contributed by atoms with Crippen molar-refractivity contribution in [2.75, 3.05) is 13.2 Å². The first-order valence-corrected chi connectivity index (χ1v) is 17.2. The smallest absolute Gasteiger partial charge is 0.338 e. The number of aromatic hydroxyl groups is 4. The van der Waals surface area contributed by atoms with Gasteiger partial charge in [0.25, 0.3) is 0 Å². The van der Waals surface area contributed by atoms with Crippen molar-refractivity contribution in [3.8, 4) is 40.1 Å². The Hall–Kier alpha value is -5.01. The molecule has 2 aliphatic heterocycles. The number of hydrogen-bond acceptors (Lipinski definition) is 18. The molecule has 2 saturated heterocycles. The summed E-state index contributed by atoms with van der Waals surface area (Å²) in [6.07, 6.45) is -16.5. The molecule has 0 aliphatic carbocycles. The molecule has 22 heteroatoms. The molecule has 11 unspecified atom stereocenters. The highest BCUT2D eigenvalue weighted by Crippen LogP contribution is 2.41. The van der Waals surface area contributed by atoms with Gasteiger partial charge < -0.3 is 84.9 Å². The molecule has 3 aromatic rings. The van der Waals surface area contributed by atoms with Crippen LogP contribution in [0.3, 0.4) is 0 Å². The Morgan fingerprint density at radius 1 is 0.875 bits per heavy atom. The summed E-state index contributed by atoms with van der Waals surface area (Å²) in [4.78, 5) is 28.9. The van der Waals surface area contributed by atoms with Crippen LogP contribution in [0.5, 0.6) is 28.7 Å². The molecule has 56 heavy (non-hydrogen) atoms. The third-order valence-corrected chi connectivity index (χ3v) is 9.38. The fraction of sp³-hybridized carbons (Fsp3) is 0.500. The molecule has 5 rings (SSSR count). The molecule has 0 bridgehead atoms. The van der Waals surface area contributed by atoms with Crippen LogP contribution in [0.25, 0.3) is 22.3 Å². The molecule has 1 aromatic heterocycles. The summed E-state index contributed by atoms with van der Waals surface area (Å²) in [5.74, 6) is -5.36. The van der Waals surface area contributed by atoms with Gasteiger partial charge in [0.2, 0.25) is 17.5 Å². The monoisotopic (exact) mass is 797 g/mol. The van der Waals surface area contributed by atoms with E-state index >= 15 is 0 Å². The van der Waals surface area contributed by atoms with E-state index in [1.165, 1.54) is 13.0 Å². The minimum Gasteiger partial charge on any atom is -0.507 e. The SMILES string of the molecule is CC1OC(OCC2OC(Oc3c(-c4ccc(O)c(O)c4)oc4c(CNC(CCC[NH+]=C(N)N)C(=O)O)c(O)cc(O)c4c3=O)C(O)C(O)C2O)C(O)C(O)C1O. The predicted molar refractivity (Wildman–Crippen MR) is 187 cm³/mol. The van der Waals surface area contributed by atoms with Crippen LogP contribution in [0, 0.1) is 0 Å². The second kappa shape index (κ2) is 17.4. The Bertz CT molecular complexity index is 1970. The number of aliphatic hydroxyl groups is 6. The lowest BCUT2D eigenvalue weighted by Gasteiger charge is -2.42. The second-order valence-electron chi connectivity index (χ2n) is 13.3. The largest absolute Gasteiger partial charge is 0.507 e. The Labute approximate surface area is 316 Å². The summed E-state index contributed by atoms with van der Waals surface area (Å²) in [6, 6.07) is 2.77. The van der Waals surface area contributed by atoms with Crippen LogP contribution < -0.4 is 31.9 Å². The number of nitrogens with two attached hydrogens (primary N) is 2. The van der Waals surface area contributed by atoms with Crippen molar-refractivity contribution in [3.05, 3.63) is 40.1 Å². The summed E-state index contributed by atoms with van der Waals surface area (Å²) in [7, 11) is 0. The summed E-state index contributed by atoms with van der Waals surface area (Å²) in [6.45, 7) is 0.540. The van der Waals surface area contributed by atoms with E-state index in [0.29, 0.717) is 6.42 Å². The summed E-state index contributed by atoms with van der Waals surface area (Å²) >= 11 is 0. The average Bonchev–Trinajstić information content (AvgIpc) is 3.14. The van der Waals surface area contributed by atoms with Gasteiger partial charge in [-0.2, -0.15) is 0 Å². The van der Waals surface area contributed by atoms with Gasteiger partial charge in [0.1, 0.15) is 65.7 Å². The van der Waals surface area contributed by atoms with Crippen LogP contribution in [0.1, 0.15) is 25.3 Å². The molecular weight excluding hydrogens is 752 g/mol. The highest BCUT2D eigenvalue weighted by atomic mass is 16.7. The zero-order valence-electron chi connectivity index (χ0n) is 29.6. The number of carboxylic acids is 1. The molecule has 11 atom stereocenters. The Balaban J connectivity index is 1.51. The van der Waals surface area contributed by atoms with Gasteiger partial charge in [-0.05, 0) is 38.0 Å². The number of phenols is 4. The molecule has 2 aromatic carbocycles. The van der Waals surface area contributed by atoms with Gasteiger partial charge in [-0.25, -0.2) is 0 Å². The zero-order valence-corrected chi connectivity index (χ0v) is 29.6. The lowest BCUT2D eigenvalue weighted by molar-refractivity contribution is -0.459. The minimum absolute atomic E-state index is 0.0567. The van der Waals surface area contributed by atoms with E-state index in [4.69, 9.17) is 34.8 Å². The van der Waals surface area contributed by atoms with Crippen molar-refractivity contribution in [1.29, 1.82) is 0 Å². The number of hydrogen-bond donors (Lipinski definition) is 15. The summed E-state index contributed by atoms with van der Waals surface area (Å²) in [5.41, 5.74) is 8.77. The van der Waals surface area contributed by atoms with E-state index in [9.17, 15) is 65.8 Å². The van der Waals surface area contributed by atoms with Crippen LogP contribution in [-0.4, -0.2) is 149 Å². The van der Waals surface area contributed by atoms with Crippen LogP contribution in [0.4, 0.5) is 0 Å². The van der Waals surface area contributed by atoms with Gasteiger partial charge in [-0.1, -0.05) is 0 Å². The third-order valence-electron chi connectivity index (χ3n) is 9.38. The lowest BCUT2D eigenvalue weighted by atomic mass is 9.98. The predicted octanol–water partition coefficient (Wildman–Crippen LogP) is -5.01. The van der Waals surface area contributed by atoms with Crippen molar-refractivity contribution < 1.29 is 89.3 Å². The van der Waals surface area contributed by atoms with Crippen molar-refractivity contribution in [2.24, 2.45) is 11.5 Å². The average molecular weight is 798 g/mol. The topological polar surface area (TPSA) is 385 Å². The molecule has 0 amide bonds. The molecule has 22 nitrogen and oxygen atoms in total. The maximum atomic E-state index is 14.3. The number of nitrogens with one attached hydrogen (secondary N) is 2. The third kappa shape index (κ3) is 8.84. The number of carboxylic acid groups (broad SMARTS) is 1. The van der Waals surface area contributed by atoms with Crippen LogP contribution in [0.15, 0.2) is 33.5 Å². The quantitative estimate of drug-likeness (QED) is 0.0314. The van der Waals surface area contributed by atoms with Crippen LogP contribution >= 0.6 is 0 Å². The van der Waals surface area contributed by atoms with E-state index in [2.05, 4.69) is 10.3 Å². The summed E-state index contributed by atoms with van der Waals surface area (Å²) in [5, 5.41) is 117. The highest BCUT2D eigenvalue weighted by Gasteiger charge is 2.48. The number of benzene rings is 2. The number of guanidine groups is 1. The minimum atomic E-state index is -2.07. The van der Waals surface area contributed by atoms with Gasteiger partial charge in [-0.3, -0.25) is 26.0 Å². The standard InChI is InChI=1S/C34H44N4O18/c1-11-21(43)24(46)26(48)32(53-11)52-10-19-22(44)25(47)27(49)33(54-19)56-30-23(45)20-18(42)8-16(40)13(9-38-14(31(50)51)3-2-6-37-34(35)36)29(20)55-28(30)12-4-5-15(39)17(41)7-12/h4-5,7-8,11,14,19,21-22,24-27,32-33,38-44,46-49H,2-3,6,9-10H2,1H3,(H,50,51)(H4,35,36,37)/p+1. The van der Waals surface area contributed by atoms with Crippen LogP contribution in [0.2, 0.25) is 0 Å². The van der Waals surface area contributed by atoms with E-state index in [1.54, 1.807) is 0 Å². The molecule has 308 valence electrons. The van der Waals surface area contributed by atoms with E-state index in [1.807, 2.05) is 0 Å². The van der Waals surface area contributed by atoms with Gasteiger partial charge in [0, 0.05) is 18.2 Å². The molecule has 0 spiro atoms. The van der Waals surface area contributed by atoms with Crippen molar-refractivity contribution in [1.82, 2.24) is 5.32 Å². The number of carbonyl (C=O) groups is 1.